The summed E-state index contributed by atoms with van der Waals surface area (Å²) in [6.45, 7) is 5.09. The highest BCUT2D eigenvalue weighted by atomic mass is 16.4. The number of methoxy groups -OCH3 is 1. The minimum Gasteiger partial charge on any atom is -0.388 e. The number of nitrogens with one attached hydrogen (secondary N) is 3. The fourth-order valence-corrected chi connectivity index (χ4v) is 3.67. The number of hydrogen-bond donors (Lipinski definition) is 3. The average Bonchev–Trinajstić information content (AvgIpc) is 3.45. The van der Waals surface area contributed by atoms with Gasteiger partial charge in [0, 0.05) is 50.5 Å². The van der Waals surface area contributed by atoms with Gasteiger partial charge in [0.15, 0.2) is 5.65 Å². The third kappa shape index (κ3) is 6.36. The Labute approximate surface area is 195 Å². The van der Waals surface area contributed by atoms with Gasteiger partial charge in [-0.3, -0.25) is 9.69 Å². The third-order valence-corrected chi connectivity index (χ3v) is 5.20. The number of benzene rings is 1. The normalized spacial score (nSPS) is 15.2. The molecule has 1 aromatic carbocycles. The highest BCUT2D eigenvalue weighted by Gasteiger charge is 2.25. The molecule has 9 heteroatoms. The number of rotatable bonds is 5. The largest absolute Gasteiger partial charge is 0.388 e. The van der Waals surface area contributed by atoms with Crippen LogP contribution in [0.25, 0.3) is 5.65 Å². The molecule has 1 saturated heterocycles. The molecule has 4 rings (SSSR count). The number of anilines is 2. The SMILES string of the molecule is CC.CNc1ccc(C(=O)Nc2cn3cc(C4CCCN4C)nc3cn2)cc1C=N.COC. The molecule has 0 radical (unpaired) electrons. The predicted molar refractivity (Wildman–Crippen MR) is 134 cm³/mol. The Morgan fingerprint density at radius 3 is 2.61 bits per heavy atom. The molecule has 0 aliphatic carbocycles. The standard InChI is InChI=1S/C20H23N7O.C2H6O.C2H6/c1-22-15-6-5-13(8-14(15)9-21)20(28)25-18-12-27-11-16(24-19(27)10-23-18)17-4-3-7-26(17)2;1-3-2;1-2/h5-6,8-12,17,21-22H,3-4,7H2,1-2H3,(H,25,28);1-2H3;1-2H3. The molecular weight excluding hydrogens is 418 g/mol. The van der Waals surface area contributed by atoms with E-state index in [0.717, 1.165) is 30.0 Å². The summed E-state index contributed by atoms with van der Waals surface area (Å²) in [6, 6.07) is 5.52. The number of fused-ring (bicyclic) bond motifs is 1. The minimum absolute atomic E-state index is 0.270. The molecule has 9 nitrogen and oxygen atoms in total. The van der Waals surface area contributed by atoms with Crippen molar-refractivity contribution in [3.63, 3.8) is 0 Å². The minimum atomic E-state index is -0.270. The third-order valence-electron chi connectivity index (χ3n) is 5.20. The van der Waals surface area contributed by atoms with Crippen LogP contribution < -0.4 is 10.6 Å². The lowest BCUT2D eigenvalue weighted by Gasteiger charge is -2.16. The molecule has 33 heavy (non-hydrogen) atoms. The van der Waals surface area contributed by atoms with E-state index < -0.39 is 0 Å². The topological polar surface area (TPSA) is 108 Å². The summed E-state index contributed by atoms with van der Waals surface area (Å²) in [5.74, 6) is 0.184. The molecule has 0 spiro atoms. The van der Waals surface area contributed by atoms with E-state index in [-0.39, 0.29) is 5.91 Å². The van der Waals surface area contributed by atoms with E-state index in [9.17, 15) is 4.79 Å². The fourth-order valence-electron chi connectivity index (χ4n) is 3.67. The summed E-state index contributed by atoms with van der Waals surface area (Å²) in [6.07, 6.45) is 8.96. The Balaban J connectivity index is 0.000000714. The summed E-state index contributed by atoms with van der Waals surface area (Å²) >= 11 is 0. The summed E-state index contributed by atoms with van der Waals surface area (Å²) in [7, 11) is 7.15. The number of nitrogens with zero attached hydrogens (tertiary/aromatic N) is 4. The van der Waals surface area contributed by atoms with Crippen LogP contribution in [0.5, 0.6) is 0 Å². The van der Waals surface area contributed by atoms with Gasteiger partial charge in [0.25, 0.3) is 5.91 Å². The average molecular weight is 454 g/mol. The molecule has 1 amide bonds. The van der Waals surface area contributed by atoms with Crippen LogP contribution in [-0.2, 0) is 4.74 Å². The van der Waals surface area contributed by atoms with Crippen molar-refractivity contribution < 1.29 is 9.53 Å². The zero-order valence-electron chi connectivity index (χ0n) is 20.3. The Bertz CT molecular complexity index is 1060. The number of carbonyl (C=O) groups is 1. The Kier molecular flexibility index (Phi) is 9.96. The highest BCUT2D eigenvalue weighted by molar-refractivity contribution is 6.05. The summed E-state index contributed by atoms with van der Waals surface area (Å²) in [4.78, 5) is 23.9. The summed E-state index contributed by atoms with van der Waals surface area (Å²) in [5.41, 5.74) is 3.71. The fraction of sp³-hybridized carbons (Fsp3) is 0.417. The van der Waals surface area contributed by atoms with E-state index in [4.69, 9.17) is 5.41 Å². The van der Waals surface area contributed by atoms with Crippen molar-refractivity contribution in [2.45, 2.75) is 32.7 Å². The maximum atomic E-state index is 12.6. The first kappa shape index (κ1) is 26.0. The second kappa shape index (κ2) is 12.7. The number of ether oxygens (including phenoxy) is 1. The molecule has 1 atom stereocenters. The van der Waals surface area contributed by atoms with Crippen molar-refractivity contribution in [2.24, 2.45) is 0 Å². The van der Waals surface area contributed by atoms with Crippen molar-refractivity contribution in [3.8, 4) is 0 Å². The van der Waals surface area contributed by atoms with Gasteiger partial charge in [-0.25, -0.2) is 9.97 Å². The molecule has 1 unspecified atom stereocenters. The van der Waals surface area contributed by atoms with Crippen LogP contribution in [0, 0.1) is 5.41 Å². The summed E-state index contributed by atoms with van der Waals surface area (Å²) in [5, 5.41) is 13.3. The molecule has 1 fully saturated rings. The van der Waals surface area contributed by atoms with Crippen molar-refractivity contribution >= 4 is 29.3 Å². The van der Waals surface area contributed by atoms with Crippen LogP contribution in [-0.4, -0.2) is 66.3 Å². The second-order valence-corrected chi connectivity index (χ2v) is 7.40. The van der Waals surface area contributed by atoms with Crippen LogP contribution >= 0.6 is 0 Å². The molecule has 2 aromatic heterocycles. The van der Waals surface area contributed by atoms with E-state index in [1.807, 2.05) is 24.4 Å². The number of hydrogen-bond acceptors (Lipinski definition) is 7. The number of aromatic nitrogens is 3. The van der Waals surface area contributed by atoms with Gasteiger partial charge in [0.05, 0.1) is 24.1 Å². The second-order valence-electron chi connectivity index (χ2n) is 7.40. The van der Waals surface area contributed by atoms with E-state index in [1.54, 1.807) is 51.9 Å². The zero-order chi connectivity index (χ0) is 24.4. The Morgan fingerprint density at radius 2 is 2.00 bits per heavy atom. The highest BCUT2D eigenvalue weighted by Crippen LogP contribution is 2.29. The van der Waals surface area contributed by atoms with Gasteiger partial charge in [-0.05, 0) is 44.6 Å². The molecule has 0 bridgehead atoms. The lowest BCUT2D eigenvalue weighted by Crippen LogP contribution is -2.17. The monoisotopic (exact) mass is 453 g/mol. The molecule has 3 aromatic rings. The van der Waals surface area contributed by atoms with Crippen LogP contribution in [0.1, 0.15) is 54.3 Å². The Hall–Kier alpha value is -3.30. The lowest BCUT2D eigenvalue weighted by molar-refractivity contribution is 0.102. The van der Waals surface area contributed by atoms with Crippen LogP contribution in [0.2, 0.25) is 0 Å². The molecule has 3 N–H and O–H groups in total. The van der Waals surface area contributed by atoms with Gasteiger partial charge in [-0.2, -0.15) is 0 Å². The van der Waals surface area contributed by atoms with Crippen LogP contribution in [0.4, 0.5) is 11.5 Å². The molecule has 0 saturated carbocycles. The molecule has 1 aliphatic heterocycles. The van der Waals surface area contributed by atoms with Gasteiger partial charge in [-0.1, -0.05) is 13.8 Å². The van der Waals surface area contributed by atoms with Crippen molar-refractivity contribution in [1.82, 2.24) is 19.3 Å². The molecule has 178 valence electrons. The summed E-state index contributed by atoms with van der Waals surface area (Å²) < 4.78 is 6.15. The van der Waals surface area contributed by atoms with Crippen molar-refractivity contribution in [2.75, 3.05) is 45.5 Å². The van der Waals surface area contributed by atoms with Crippen LogP contribution in [0.3, 0.4) is 0 Å². The Morgan fingerprint density at radius 1 is 1.27 bits per heavy atom. The number of likely N-dealkylation sites (tertiary alicyclic amines) is 1. The molecule has 3 heterocycles. The lowest BCUT2D eigenvalue weighted by atomic mass is 10.1. The van der Waals surface area contributed by atoms with Crippen molar-refractivity contribution in [1.29, 1.82) is 5.41 Å². The maximum Gasteiger partial charge on any atom is 0.256 e. The number of amides is 1. The first-order valence-corrected chi connectivity index (χ1v) is 11.1. The molecular formula is C24H35N7O2. The van der Waals surface area contributed by atoms with Gasteiger partial charge in [-0.15, -0.1) is 0 Å². The van der Waals surface area contributed by atoms with Gasteiger partial charge in [0.1, 0.15) is 5.82 Å². The molecule has 1 aliphatic rings. The quantitative estimate of drug-likeness (QED) is 0.503. The zero-order valence-corrected chi connectivity index (χ0v) is 20.3. The predicted octanol–water partition coefficient (Wildman–Crippen LogP) is 4.08. The first-order chi connectivity index (χ1) is 16.0. The number of carbonyl (C=O) groups excluding carboxylic acids is 1. The van der Waals surface area contributed by atoms with Crippen molar-refractivity contribution in [3.05, 3.63) is 53.6 Å². The van der Waals surface area contributed by atoms with E-state index in [0.29, 0.717) is 23.0 Å². The van der Waals surface area contributed by atoms with E-state index >= 15 is 0 Å². The van der Waals surface area contributed by atoms with Gasteiger partial charge in [0.2, 0.25) is 0 Å². The van der Waals surface area contributed by atoms with E-state index in [2.05, 4.69) is 37.3 Å². The van der Waals surface area contributed by atoms with E-state index in [1.165, 1.54) is 12.6 Å². The van der Waals surface area contributed by atoms with Crippen LogP contribution in [0.15, 0.2) is 36.8 Å². The van der Waals surface area contributed by atoms with Gasteiger partial charge >= 0.3 is 0 Å². The number of imidazole rings is 1. The first-order valence-electron chi connectivity index (χ1n) is 11.1. The maximum absolute atomic E-state index is 12.6. The smallest absolute Gasteiger partial charge is 0.256 e. The van der Waals surface area contributed by atoms with Gasteiger partial charge < -0.3 is 25.2 Å².